The number of aromatic nitrogens is 2. The average Bonchev–Trinajstić information content (AvgIpc) is 2.76. The zero-order valence-electron chi connectivity index (χ0n) is 11.2. The highest BCUT2D eigenvalue weighted by Crippen LogP contribution is 2.28. The van der Waals surface area contributed by atoms with Gasteiger partial charge in [-0.05, 0) is 6.07 Å². The van der Waals surface area contributed by atoms with Gasteiger partial charge in [0.2, 0.25) is 0 Å². The Morgan fingerprint density at radius 2 is 2.16 bits per heavy atom. The first-order valence-corrected chi connectivity index (χ1v) is 6.57. The molecule has 0 atom stereocenters. The van der Waals surface area contributed by atoms with Crippen LogP contribution in [0.3, 0.4) is 0 Å². The molecule has 2 rings (SSSR count). The van der Waals surface area contributed by atoms with Gasteiger partial charge in [-0.25, -0.2) is 0 Å². The Bertz CT molecular complexity index is 539. The lowest BCUT2D eigenvalue weighted by molar-refractivity contribution is 0.199. The summed E-state index contributed by atoms with van der Waals surface area (Å²) >= 11 is 6.23. The quantitative estimate of drug-likeness (QED) is 0.826. The Labute approximate surface area is 118 Å². The predicted octanol–water partition coefficient (Wildman–Crippen LogP) is 2.48. The number of nitrogens with zero attached hydrogens (tertiary/aromatic N) is 2. The molecule has 0 aliphatic carbocycles. The number of methoxy groups -OCH3 is 1. The highest BCUT2D eigenvalue weighted by Gasteiger charge is 2.12. The van der Waals surface area contributed by atoms with Crippen LogP contribution in [0.2, 0.25) is 5.02 Å². The number of rotatable bonds is 6. The number of hydrogen-bond acceptors (Lipinski definition) is 3. The van der Waals surface area contributed by atoms with Crippen LogP contribution in [0.1, 0.15) is 5.56 Å². The molecule has 0 saturated carbocycles. The minimum atomic E-state index is 0.696. The van der Waals surface area contributed by atoms with E-state index in [1.54, 1.807) is 7.11 Å². The summed E-state index contributed by atoms with van der Waals surface area (Å²) < 4.78 is 6.83. The Balaban J connectivity index is 2.19. The van der Waals surface area contributed by atoms with Crippen molar-refractivity contribution in [2.24, 2.45) is 7.05 Å². The van der Waals surface area contributed by atoms with Gasteiger partial charge in [0.15, 0.2) is 0 Å². The van der Waals surface area contributed by atoms with Gasteiger partial charge in [-0.1, -0.05) is 29.8 Å². The third-order valence-electron chi connectivity index (χ3n) is 2.83. The fraction of sp³-hybridized carbons (Fsp3) is 0.357. The first-order valence-electron chi connectivity index (χ1n) is 6.19. The molecule has 1 aromatic heterocycles. The van der Waals surface area contributed by atoms with E-state index >= 15 is 0 Å². The lowest BCUT2D eigenvalue weighted by atomic mass is 10.1. The molecular weight excluding hydrogens is 262 g/mol. The summed E-state index contributed by atoms with van der Waals surface area (Å²) in [6.45, 7) is 2.26. The zero-order valence-corrected chi connectivity index (χ0v) is 11.9. The summed E-state index contributed by atoms with van der Waals surface area (Å²) in [5.74, 6) is 0. The van der Waals surface area contributed by atoms with Crippen molar-refractivity contribution in [1.82, 2.24) is 15.1 Å². The molecule has 4 nitrogen and oxygen atoms in total. The zero-order chi connectivity index (χ0) is 13.7. The van der Waals surface area contributed by atoms with Crippen LogP contribution >= 0.6 is 11.6 Å². The number of nitrogens with one attached hydrogen (secondary N) is 1. The van der Waals surface area contributed by atoms with E-state index in [1.807, 2.05) is 42.2 Å². The van der Waals surface area contributed by atoms with Gasteiger partial charge >= 0.3 is 0 Å². The predicted molar refractivity (Wildman–Crippen MR) is 77.2 cm³/mol. The molecule has 0 aliphatic rings. The first kappa shape index (κ1) is 14.1. The molecule has 0 spiro atoms. The molecule has 102 valence electrons. The smallest absolute Gasteiger partial charge is 0.0982 e. The standard InChI is InChI=1S/C14H18ClN3O/c1-18-10-11(9-16-7-8-19-2)14(17-18)12-5-3-4-6-13(12)15/h3-6,10,16H,7-9H2,1-2H3. The maximum Gasteiger partial charge on any atom is 0.0982 e. The van der Waals surface area contributed by atoms with E-state index in [9.17, 15) is 0 Å². The van der Waals surface area contributed by atoms with Gasteiger partial charge in [0, 0.05) is 44.6 Å². The Morgan fingerprint density at radius 1 is 1.37 bits per heavy atom. The molecule has 0 aliphatic heterocycles. The van der Waals surface area contributed by atoms with Crippen LogP contribution in [0.25, 0.3) is 11.3 Å². The molecule has 0 saturated heterocycles. The number of benzene rings is 1. The largest absolute Gasteiger partial charge is 0.383 e. The van der Waals surface area contributed by atoms with Crippen molar-refractivity contribution in [3.63, 3.8) is 0 Å². The van der Waals surface area contributed by atoms with Crippen LogP contribution < -0.4 is 5.32 Å². The lowest BCUT2D eigenvalue weighted by Crippen LogP contribution is -2.18. The van der Waals surface area contributed by atoms with Crippen molar-refractivity contribution >= 4 is 11.6 Å². The van der Waals surface area contributed by atoms with E-state index in [1.165, 1.54) is 0 Å². The molecule has 1 aromatic carbocycles. The van der Waals surface area contributed by atoms with Gasteiger partial charge in [0.05, 0.1) is 17.3 Å². The third kappa shape index (κ3) is 3.56. The van der Waals surface area contributed by atoms with Gasteiger partial charge in [-0.2, -0.15) is 5.10 Å². The second kappa shape index (κ2) is 6.70. The molecule has 1 heterocycles. The summed E-state index contributed by atoms with van der Waals surface area (Å²) in [6.07, 6.45) is 2.01. The van der Waals surface area contributed by atoms with E-state index in [4.69, 9.17) is 16.3 Å². The highest BCUT2D eigenvalue weighted by molar-refractivity contribution is 6.33. The Morgan fingerprint density at radius 3 is 2.89 bits per heavy atom. The fourth-order valence-corrected chi connectivity index (χ4v) is 2.17. The van der Waals surface area contributed by atoms with Crippen LogP contribution in [-0.2, 0) is 18.3 Å². The SMILES string of the molecule is COCCNCc1cn(C)nc1-c1ccccc1Cl. The summed E-state index contributed by atoms with van der Waals surface area (Å²) in [6, 6.07) is 7.76. The second-order valence-corrected chi connectivity index (χ2v) is 4.73. The van der Waals surface area contributed by atoms with E-state index in [0.29, 0.717) is 6.61 Å². The molecule has 19 heavy (non-hydrogen) atoms. The van der Waals surface area contributed by atoms with Crippen LogP contribution in [0.5, 0.6) is 0 Å². The van der Waals surface area contributed by atoms with E-state index in [0.717, 1.165) is 34.9 Å². The molecule has 0 bridgehead atoms. The van der Waals surface area contributed by atoms with Crippen LogP contribution in [0.15, 0.2) is 30.5 Å². The molecule has 1 N–H and O–H groups in total. The van der Waals surface area contributed by atoms with Crippen LogP contribution in [0, 0.1) is 0 Å². The summed E-state index contributed by atoms with van der Waals surface area (Å²) in [7, 11) is 3.61. The monoisotopic (exact) mass is 279 g/mol. The molecule has 0 amide bonds. The minimum absolute atomic E-state index is 0.696. The number of aryl methyl sites for hydroxylation is 1. The third-order valence-corrected chi connectivity index (χ3v) is 3.16. The normalized spacial score (nSPS) is 10.9. The summed E-state index contributed by atoms with van der Waals surface area (Å²) in [5, 5.41) is 8.55. The topological polar surface area (TPSA) is 39.1 Å². The number of hydrogen-bond donors (Lipinski definition) is 1. The molecule has 0 fully saturated rings. The van der Waals surface area contributed by atoms with Crippen LogP contribution in [0.4, 0.5) is 0 Å². The van der Waals surface area contributed by atoms with E-state index < -0.39 is 0 Å². The van der Waals surface area contributed by atoms with E-state index in [2.05, 4.69) is 10.4 Å². The van der Waals surface area contributed by atoms with Gasteiger partial charge in [-0.3, -0.25) is 4.68 Å². The summed E-state index contributed by atoms with van der Waals surface area (Å²) in [5.41, 5.74) is 3.03. The van der Waals surface area contributed by atoms with E-state index in [-0.39, 0.29) is 0 Å². The van der Waals surface area contributed by atoms with Crippen molar-refractivity contribution in [2.45, 2.75) is 6.54 Å². The number of ether oxygens (including phenoxy) is 1. The first-order chi connectivity index (χ1) is 9.22. The molecule has 0 radical (unpaired) electrons. The molecular formula is C14H18ClN3O. The van der Waals surface area contributed by atoms with Crippen molar-refractivity contribution < 1.29 is 4.74 Å². The lowest BCUT2D eigenvalue weighted by Gasteiger charge is -2.06. The van der Waals surface area contributed by atoms with Gasteiger partial charge in [0.1, 0.15) is 0 Å². The summed E-state index contributed by atoms with van der Waals surface area (Å²) in [4.78, 5) is 0. The molecule has 0 unspecified atom stereocenters. The van der Waals surface area contributed by atoms with Crippen molar-refractivity contribution in [3.8, 4) is 11.3 Å². The Hall–Kier alpha value is -1.36. The maximum absolute atomic E-state index is 6.23. The Kier molecular flexibility index (Phi) is 4.96. The maximum atomic E-state index is 6.23. The van der Waals surface area contributed by atoms with Gasteiger partial charge < -0.3 is 10.1 Å². The number of halogens is 1. The van der Waals surface area contributed by atoms with Crippen molar-refractivity contribution in [3.05, 3.63) is 41.0 Å². The minimum Gasteiger partial charge on any atom is -0.383 e. The highest BCUT2D eigenvalue weighted by atomic mass is 35.5. The molecule has 2 aromatic rings. The fourth-order valence-electron chi connectivity index (χ4n) is 1.94. The van der Waals surface area contributed by atoms with Crippen molar-refractivity contribution in [1.29, 1.82) is 0 Å². The van der Waals surface area contributed by atoms with Gasteiger partial charge in [-0.15, -0.1) is 0 Å². The molecule has 5 heteroatoms. The average molecular weight is 280 g/mol. The van der Waals surface area contributed by atoms with Crippen molar-refractivity contribution in [2.75, 3.05) is 20.3 Å². The second-order valence-electron chi connectivity index (χ2n) is 4.33. The van der Waals surface area contributed by atoms with Gasteiger partial charge in [0.25, 0.3) is 0 Å². The van der Waals surface area contributed by atoms with Crippen LogP contribution in [-0.4, -0.2) is 30.0 Å².